The first-order valence-corrected chi connectivity index (χ1v) is 3.64. The minimum atomic E-state index is -0.406. The number of nitrogens with two attached hydrogens (primary N) is 1. The van der Waals surface area contributed by atoms with E-state index in [0.717, 1.165) is 0 Å². The van der Waals surface area contributed by atoms with Gasteiger partial charge in [0.25, 0.3) is 0 Å². The van der Waals surface area contributed by atoms with Crippen molar-refractivity contribution in [3.63, 3.8) is 0 Å². The third-order valence-electron chi connectivity index (χ3n) is 1.87. The number of urea groups is 1. The molecule has 6 nitrogen and oxygen atoms in total. The topological polar surface area (TPSA) is 78.7 Å². The lowest BCUT2D eigenvalue weighted by Gasteiger charge is -2.31. The summed E-state index contributed by atoms with van der Waals surface area (Å²) in [5, 5.41) is 0. The molecule has 1 saturated heterocycles. The van der Waals surface area contributed by atoms with Crippen LogP contribution in [0.15, 0.2) is 0 Å². The Balaban J connectivity index is 2.51. The Kier molecular flexibility index (Phi) is 2.49. The number of carbonyl (C=O) groups is 2. The Labute approximate surface area is 70.3 Å². The molecule has 0 aromatic carbocycles. The number of hydrogen-bond donors (Lipinski definition) is 2. The van der Waals surface area contributed by atoms with Crippen molar-refractivity contribution in [2.45, 2.75) is 0 Å². The molecule has 0 aromatic rings. The third kappa shape index (κ3) is 1.65. The summed E-state index contributed by atoms with van der Waals surface area (Å²) in [6.07, 6.45) is 0. The summed E-state index contributed by atoms with van der Waals surface area (Å²) in [5.41, 5.74) is 1.99. The number of piperazine rings is 1. The third-order valence-corrected chi connectivity index (χ3v) is 1.87. The lowest BCUT2D eigenvalue weighted by Crippen LogP contribution is -2.54. The normalized spacial score (nSPS) is 18.0. The molecule has 3 N–H and O–H groups in total. The van der Waals surface area contributed by atoms with Gasteiger partial charge in [-0.1, -0.05) is 0 Å². The van der Waals surface area contributed by atoms with Crippen LogP contribution in [0.5, 0.6) is 0 Å². The van der Waals surface area contributed by atoms with E-state index in [0.29, 0.717) is 13.1 Å². The fourth-order valence-electron chi connectivity index (χ4n) is 1.02. The zero-order valence-corrected chi connectivity index (χ0v) is 6.91. The minimum absolute atomic E-state index is 0.0650. The first-order chi connectivity index (χ1) is 5.65. The average Bonchev–Trinajstić information content (AvgIpc) is 2.08. The van der Waals surface area contributed by atoms with Gasteiger partial charge in [-0.25, -0.2) is 10.6 Å². The highest BCUT2D eigenvalue weighted by Gasteiger charge is 2.23. The fraction of sp³-hybridized carbons (Fsp3) is 0.667. The van der Waals surface area contributed by atoms with Crippen LogP contribution >= 0.6 is 0 Å². The molecule has 0 bridgehead atoms. The summed E-state index contributed by atoms with van der Waals surface area (Å²) in [6.45, 7) is 1.21. The lowest BCUT2D eigenvalue weighted by atomic mass is 10.3. The molecule has 1 aliphatic heterocycles. The zero-order chi connectivity index (χ0) is 9.14. The van der Waals surface area contributed by atoms with Gasteiger partial charge in [0.05, 0.1) is 0 Å². The standard InChI is InChI=1S/C6H12N4O2/c1-9-2-3-10(4-5(9)11)6(12)8-7/h2-4,7H2,1H3,(H,8,12). The van der Waals surface area contributed by atoms with Crippen molar-refractivity contribution in [2.24, 2.45) is 5.84 Å². The molecule has 0 atom stereocenters. The molecule has 1 aliphatic rings. The van der Waals surface area contributed by atoms with Crippen LogP contribution in [0.1, 0.15) is 0 Å². The molecule has 6 heteroatoms. The molecule has 0 aliphatic carbocycles. The maximum atomic E-state index is 11.1. The van der Waals surface area contributed by atoms with Gasteiger partial charge >= 0.3 is 6.03 Å². The minimum Gasteiger partial charge on any atom is -0.342 e. The molecule has 0 spiro atoms. The van der Waals surface area contributed by atoms with Gasteiger partial charge < -0.3 is 9.80 Å². The Bertz CT molecular complexity index is 204. The predicted octanol–water partition coefficient (Wildman–Crippen LogP) is -1.66. The number of likely N-dealkylation sites (N-methyl/N-ethyl adjacent to an activating group) is 1. The van der Waals surface area contributed by atoms with E-state index in [1.807, 2.05) is 5.43 Å². The summed E-state index contributed by atoms with van der Waals surface area (Å²) < 4.78 is 0. The Morgan fingerprint density at radius 2 is 2.25 bits per heavy atom. The smallest absolute Gasteiger partial charge is 0.332 e. The fourth-order valence-corrected chi connectivity index (χ4v) is 1.02. The molecule has 1 heterocycles. The molecule has 12 heavy (non-hydrogen) atoms. The highest BCUT2D eigenvalue weighted by atomic mass is 16.2. The summed E-state index contributed by atoms with van der Waals surface area (Å²) in [4.78, 5) is 25.0. The van der Waals surface area contributed by atoms with Crippen molar-refractivity contribution >= 4 is 11.9 Å². The van der Waals surface area contributed by atoms with Crippen molar-refractivity contribution in [1.82, 2.24) is 15.2 Å². The molecular weight excluding hydrogens is 160 g/mol. The van der Waals surface area contributed by atoms with Crippen LogP contribution in [0, 0.1) is 0 Å². The number of amides is 3. The van der Waals surface area contributed by atoms with Crippen LogP contribution in [0.25, 0.3) is 0 Å². The molecular formula is C6H12N4O2. The summed E-state index contributed by atoms with van der Waals surface area (Å²) in [6, 6.07) is -0.406. The van der Waals surface area contributed by atoms with Gasteiger partial charge in [0.1, 0.15) is 6.54 Å². The second-order valence-electron chi connectivity index (χ2n) is 2.69. The van der Waals surface area contributed by atoms with Gasteiger partial charge in [0.2, 0.25) is 5.91 Å². The van der Waals surface area contributed by atoms with E-state index in [-0.39, 0.29) is 12.5 Å². The van der Waals surface area contributed by atoms with E-state index >= 15 is 0 Å². The second-order valence-corrected chi connectivity index (χ2v) is 2.69. The largest absolute Gasteiger partial charge is 0.342 e. The molecule has 3 amide bonds. The average molecular weight is 172 g/mol. The first-order valence-electron chi connectivity index (χ1n) is 3.64. The molecule has 68 valence electrons. The second kappa shape index (κ2) is 3.40. The highest BCUT2D eigenvalue weighted by molar-refractivity contribution is 5.84. The van der Waals surface area contributed by atoms with E-state index in [9.17, 15) is 9.59 Å². The number of hydrazine groups is 1. The van der Waals surface area contributed by atoms with Crippen LogP contribution in [0.3, 0.4) is 0 Å². The zero-order valence-electron chi connectivity index (χ0n) is 6.91. The van der Waals surface area contributed by atoms with Gasteiger partial charge in [-0.3, -0.25) is 10.2 Å². The number of rotatable bonds is 0. The maximum Gasteiger partial charge on any atom is 0.332 e. The molecule has 0 radical (unpaired) electrons. The van der Waals surface area contributed by atoms with E-state index in [1.54, 1.807) is 11.9 Å². The van der Waals surface area contributed by atoms with Crippen molar-refractivity contribution in [1.29, 1.82) is 0 Å². The quantitative estimate of drug-likeness (QED) is 0.261. The lowest BCUT2D eigenvalue weighted by molar-refractivity contribution is -0.133. The molecule has 0 saturated carbocycles. The number of nitrogens with one attached hydrogen (secondary N) is 1. The SMILES string of the molecule is CN1CCN(C(=O)NN)CC1=O. The van der Waals surface area contributed by atoms with Crippen LogP contribution in [-0.2, 0) is 4.79 Å². The monoisotopic (exact) mass is 172 g/mol. The van der Waals surface area contributed by atoms with Gasteiger partial charge in [0.15, 0.2) is 0 Å². The van der Waals surface area contributed by atoms with Gasteiger partial charge in [0, 0.05) is 20.1 Å². The maximum absolute atomic E-state index is 11.1. The van der Waals surface area contributed by atoms with E-state index in [1.165, 1.54) is 4.90 Å². The van der Waals surface area contributed by atoms with E-state index < -0.39 is 6.03 Å². The Hall–Kier alpha value is -1.30. The molecule has 1 fully saturated rings. The van der Waals surface area contributed by atoms with Gasteiger partial charge in [-0.05, 0) is 0 Å². The summed E-state index contributed by atoms with van der Waals surface area (Å²) in [7, 11) is 1.71. The van der Waals surface area contributed by atoms with Crippen LogP contribution < -0.4 is 11.3 Å². The van der Waals surface area contributed by atoms with Gasteiger partial charge in [-0.2, -0.15) is 0 Å². The van der Waals surface area contributed by atoms with E-state index in [4.69, 9.17) is 5.84 Å². The van der Waals surface area contributed by atoms with Crippen molar-refractivity contribution < 1.29 is 9.59 Å². The summed E-state index contributed by atoms with van der Waals surface area (Å²) >= 11 is 0. The number of hydrogen-bond acceptors (Lipinski definition) is 3. The summed E-state index contributed by atoms with van der Waals surface area (Å²) in [5.74, 6) is 4.85. The predicted molar refractivity (Wildman–Crippen MR) is 41.9 cm³/mol. The van der Waals surface area contributed by atoms with Crippen molar-refractivity contribution in [2.75, 3.05) is 26.7 Å². The van der Waals surface area contributed by atoms with Crippen molar-refractivity contribution in [3.8, 4) is 0 Å². The first kappa shape index (κ1) is 8.79. The van der Waals surface area contributed by atoms with Crippen LogP contribution in [-0.4, -0.2) is 48.4 Å². The molecule has 0 unspecified atom stereocenters. The van der Waals surface area contributed by atoms with E-state index in [2.05, 4.69) is 0 Å². The van der Waals surface area contributed by atoms with Crippen molar-refractivity contribution in [3.05, 3.63) is 0 Å². The van der Waals surface area contributed by atoms with Crippen LogP contribution in [0.4, 0.5) is 4.79 Å². The van der Waals surface area contributed by atoms with Gasteiger partial charge in [-0.15, -0.1) is 0 Å². The molecule has 0 aromatic heterocycles. The number of carbonyl (C=O) groups excluding carboxylic acids is 2. The Morgan fingerprint density at radius 1 is 1.58 bits per heavy atom. The van der Waals surface area contributed by atoms with Crippen LogP contribution in [0.2, 0.25) is 0 Å². The number of nitrogens with zero attached hydrogens (tertiary/aromatic N) is 2. The highest BCUT2D eigenvalue weighted by Crippen LogP contribution is 1.99. The molecule has 1 rings (SSSR count). The Morgan fingerprint density at radius 3 is 2.75 bits per heavy atom.